The normalized spacial score (nSPS) is 12.5. The molecule has 3 aromatic rings. The molecule has 3 heterocycles. The standard InChI is InChI=1S/C23H32N2O4S/c1-2-3-4-5-6-7-8-13-27-16-18(26)17-30-23-24-21(19-11-9-14-28-19)22(25-23)20-12-10-15-29-20/h9-12,14-15,18,26H,2-8,13,16-17H2,1H3,(H,24,25). The Morgan fingerprint density at radius 2 is 1.73 bits per heavy atom. The fourth-order valence-electron chi connectivity index (χ4n) is 3.21. The van der Waals surface area contributed by atoms with Crippen LogP contribution in [0.4, 0.5) is 0 Å². The zero-order chi connectivity index (χ0) is 21.0. The van der Waals surface area contributed by atoms with E-state index in [1.165, 1.54) is 50.3 Å². The van der Waals surface area contributed by atoms with Gasteiger partial charge >= 0.3 is 0 Å². The summed E-state index contributed by atoms with van der Waals surface area (Å²) < 4.78 is 16.7. The maximum atomic E-state index is 10.2. The van der Waals surface area contributed by atoms with E-state index < -0.39 is 6.10 Å². The minimum Gasteiger partial charge on any atom is -0.463 e. The number of thioether (sulfide) groups is 1. The number of aromatic nitrogens is 2. The van der Waals surface area contributed by atoms with Gasteiger partial charge in [-0.25, -0.2) is 4.98 Å². The third kappa shape index (κ3) is 7.07. The average Bonchev–Trinajstić information content (AvgIpc) is 3.51. The van der Waals surface area contributed by atoms with E-state index in [4.69, 9.17) is 13.6 Å². The zero-order valence-electron chi connectivity index (χ0n) is 17.6. The maximum Gasteiger partial charge on any atom is 0.166 e. The van der Waals surface area contributed by atoms with Crippen molar-refractivity contribution < 1.29 is 18.7 Å². The fourth-order valence-corrected chi connectivity index (χ4v) is 3.99. The second-order valence-electron chi connectivity index (χ2n) is 7.38. The van der Waals surface area contributed by atoms with Crippen LogP contribution in [0.15, 0.2) is 50.8 Å². The van der Waals surface area contributed by atoms with E-state index in [2.05, 4.69) is 16.9 Å². The molecule has 0 spiro atoms. The highest BCUT2D eigenvalue weighted by molar-refractivity contribution is 7.99. The van der Waals surface area contributed by atoms with Crippen molar-refractivity contribution in [3.05, 3.63) is 36.8 Å². The summed E-state index contributed by atoms with van der Waals surface area (Å²) in [5, 5.41) is 10.9. The predicted octanol–water partition coefficient (Wildman–Crippen LogP) is 6.15. The van der Waals surface area contributed by atoms with Crippen molar-refractivity contribution in [2.75, 3.05) is 19.0 Å². The number of furan rings is 2. The van der Waals surface area contributed by atoms with Crippen LogP contribution in [0.1, 0.15) is 51.9 Å². The molecule has 164 valence electrons. The highest BCUT2D eigenvalue weighted by Crippen LogP contribution is 2.33. The number of nitrogens with zero attached hydrogens (tertiary/aromatic N) is 1. The van der Waals surface area contributed by atoms with Crippen molar-refractivity contribution >= 4 is 11.8 Å². The van der Waals surface area contributed by atoms with Gasteiger partial charge in [0.2, 0.25) is 0 Å². The lowest BCUT2D eigenvalue weighted by Crippen LogP contribution is -2.18. The monoisotopic (exact) mass is 432 g/mol. The highest BCUT2D eigenvalue weighted by atomic mass is 32.2. The third-order valence-electron chi connectivity index (χ3n) is 4.82. The average molecular weight is 433 g/mol. The molecule has 0 aliphatic heterocycles. The lowest BCUT2D eigenvalue weighted by molar-refractivity contribution is 0.0467. The van der Waals surface area contributed by atoms with E-state index in [0.29, 0.717) is 41.3 Å². The van der Waals surface area contributed by atoms with Crippen LogP contribution in [0.25, 0.3) is 22.9 Å². The molecule has 6 nitrogen and oxygen atoms in total. The summed E-state index contributed by atoms with van der Waals surface area (Å²) in [4.78, 5) is 7.91. The second-order valence-corrected chi connectivity index (χ2v) is 8.39. The van der Waals surface area contributed by atoms with Crippen molar-refractivity contribution in [3.63, 3.8) is 0 Å². The van der Waals surface area contributed by atoms with E-state index in [9.17, 15) is 5.11 Å². The van der Waals surface area contributed by atoms with Gasteiger partial charge in [0.25, 0.3) is 0 Å². The molecule has 0 bridgehead atoms. The number of hydrogen-bond donors (Lipinski definition) is 2. The van der Waals surface area contributed by atoms with Gasteiger partial charge in [0.1, 0.15) is 11.4 Å². The molecule has 3 rings (SSSR count). The third-order valence-corrected chi connectivity index (χ3v) is 5.84. The molecule has 2 N–H and O–H groups in total. The Kier molecular flexibility index (Phi) is 9.60. The lowest BCUT2D eigenvalue weighted by atomic mass is 10.1. The van der Waals surface area contributed by atoms with Crippen LogP contribution in [-0.2, 0) is 4.74 Å². The molecule has 1 atom stereocenters. The summed E-state index contributed by atoms with van der Waals surface area (Å²) in [6, 6.07) is 7.40. The van der Waals surface area contributed by atoms with Crippen LogP contribution in [0, 0.1) is 0 Å². The van der Waals surface area contributed by atoms with E-state index in [1.807, 2.05) is 24.3 Å². The number of nitrogens with one attached hydrogen (secondary N) is 1. The highest BCUT2D eigenvalue weighted by Gasteiger charge is 2.19. The van der Waals surface area contributed by atoms with Gasteiger partial charge in [0.15, 0.2) is 16.7 Å². The molecule has 0 saturated carbocycles. The Morgan fingerprint density at radius 3 is 2.43 bits per heavy atom. The fraction of sp³-hybridized carbons (Fsp3) is 0.522. The smallest absolute Gasteiger partial charge is 0.166 e. The van der Waals surface area contributed by atoms with Gasteiger partial charge in [0, 0.05) is 12.4 Å². The summed E-state index contributed by atoms with van der Waals surface area (Å²) in [6.07, 6.45) is 11.5. The van der Waals surface area contributed by atoms with Gasteiger partial charge in [-0.2, -0.15) is 0 Å². The summed E-state index contributed by atoms with van der Waals surface area (Å²) in [7, 11) is 0. The molecule has 1 unspecified atom stereocenters. The Morgan fingerprint density at radius 1 is 1.03 bits per heavy atom. The molecule has 0 aliphatic carbocycles. The zero-order valence-corrected chi connectivity index (χ0v) is 18.5. The van der Waals surface area contributed by atoms with Gasteiger partial charge in [-0.3, -0.25) is 0 Å². The second kappa shape index (κ2) is 12.7. The van der Waals surface area contributed by atoms with E-state index in [-0.39, 0.29) is 0 Å². The van der Waals surface area contributed by atoms with Crippen molar-refractivity contribution in [1.82, 2.24) is 9.97 Å². The number of aliphatic hydroxyl groups is 1. The Bertz CT molecular complexity index is 763. The van der Waals surface area contributed by atoms with Crippen LogP contribution < -0.4 is 0 Å². The number of imidazole rings is 1. The first-order valence-corrected chi connectivity index (χ1v) is 11.8. The Labute approximate surface area is 182 Å². The largest absolute Gasteiger partial charge is 0.463 e. The first kappa shape index (κ1) is 22.7. The van der Waals surface area contributed by atoms with E-state index >= 15 is 0 Å². The number of aromatic amines is 1. The van der Waals surface area contributed by atoms with E-state index in [1.54, 1.807) is 12.5 Å². The van der Waals surface area contributed by atoms with Crippen molar-refractivity contribution in [2.45, 2.75) is 63.1 Å². The minimum absolute atomic E-state index is 0.347. The van der Waals surface area contributed by atoms with Crippen LogP contribution in [-0.4, -0.2) is 40.1 Å². The number of unbranched alkanes of at least 4 members (excludes halogenated alkanes) is 6. The summed E-state index contributed by atoms with van der Waals surface area (Å²) in [6.45, 7) is 3.29. The summed E-state index contributed by atoms with van der Waals surface area (Å²) in [5.74, 6) is 1.86. The van der Waals surface area contributed by atoms with Gasteiger partial charge in [0.05, 0.1) is 25.2 Å². The molecular formula is C23H32N2O4S. The molecule has 0 amide bonds. The quantitative estimate of drug-likeness (QED) is 0.221. The minimum atomic E-state index is -0.538. The Balaban J connectivity index is 1.40. The molecule has 0 aliphatic rings. The van der Waals surface area contributed by atoms with Crippen LogP contribution in [0.2, 0.25) is 0 Å². The van der Waals surface area contributed by atoms with Gasteiger partial charge < -0.3 is 23.7 Å². The van der Waals surface area contributed by atoms with Gasteiger partial charge in [-0.1, -0.05) is 57.2 Å². The number of aliphatic hydroxyl groups excluding tert-OH is 1. The summed E-state index contributed by atoms with van der Waals surface area (Å²) >= 11 is 1.46. The molecule has 0 radical (unpaired) electrons. The molecule has 0 fully saturated rings. The molecule has 0 aromatic carbocycles. The van der Waals surface area contributed by atoms with Crippen LogP contribution in [0.3, 0.4) is 0 Å². The molecule has 0 saturated heterocycles. The van der Waals surface area contributed by atoms with Gasteiger partial charge in [-0.05, 0) is 30.7 Å². The number of hydrogen-bond acceptors (Lipinski definition) is 6. The van der Waals surface area contributed by atoms with E-state index in [0.717, 1.165) is 12.1 Å². The van der Waals surface area contributed by atoms with Crippen molar-refractivity contribution in [1.29, 1.82) is 0 Å². The topological polar surface area (TPSA) is 84.4 Å². The molecule has 30 heavy (non-hydrogen) atoms. The molecule has 7 heteroatoms. The van der Waals surface area contributed by atoms with Gasteiger partial charge in [-0.15, -0.1) is 0 Å². The number of rotatable bonds is 15. The lowest BCUT2D eigenvalue weighted by Gasteiger charge is -2.10. The Hall–Kier alpha value is -1.96. The van der Waals surface area contributed by atoms with Crippen LogP contribution >= 0.6 is 11.8 Å². The molecular weight excluding hydrogens is 400 g/mol. The maximum absolute atomic E-state index is 10.2. The predicted molar refractivity (Wildman–Crippen MR) is 120 cm³/mol. The SMILES string of the molecule is CCCCCCCCCOCC(O)CSc1nc(-c2ccco2)c(-c2ccco2)[nH]1. The van der Waals surface area contributed by atoms with Crippen molar-refractivity contribution in [3.8, 4) is 22.9 Å². The number of H-pyrrole nitrogens is 1. The first-order chi connectivity index (χ1) is 14.8. The number of ether oxygens (including phenoxy) is 1. The molecule has 3 aromatic heterocycles. The summed E-state index contributed by atoms with van der Waals surface area (Å²) in [5.41, 5.74) is 1.46. The van der Waals surface area contributed by atoms with Crippen molar-refractivity contribution in [2.24, 2.45) is 0 Å². The first-order valence-electron chi connectivity index (χ1n) is 10.8. The van der Waals surface area contributed by atoms with Crippen LogP contribution in [0.5, 0.6) is 0 Å².